The van der Waals surface area contributed by atoms with Crippen molar-refractivity contribution in [1.29, 1.82) is 0 Å². The average Bonchev–Trinajstić information content (AvgIpc) is 2.47. The second-order valence-electron chi connectivity index (χ2n) is 6.01. The molecule has 0 rings (SSSR count). The monoisotopic (exact) mass is 333 g/mol. The summed E-state index contributed by atoms with van der Waals surface area (Å²) in [4.78, 5) is 2.45. The lowest BCUT2D eigenvalue weighted by Crippen LogP contribution is -2.02. The third-order valence-electron chi connectivity index (χ3n) is 3.79. The number of halogens is 3. The van der Waals surface area contributed by atoms with E-state index >= 15 is 0 Å². The van der Waals surface area contributed by atoms with Gasteiger partial charge in [-0.05, 0) is 18.4 Å². The summed E-state index contributed by atoms with van der Waals surface area (Å²) in [7, 11) is 0. The normalized spacial score (nSPS) is 12.3. The molecule has 0 bridgehead atoms. The Labute approximate surface area is 138 Å². The molecule has 0 N–H and O–H groups in total. The highest BCUT2D eigenvalue weighted by Gasteiger charge is 2.23. The van der Waals surface area contributed by atoms with E-state index in [0.717, 1.165) is 19.3 Å². The summed E-state index contributed by atoms with van der Waals surface area (Å²) in [5.41, 5.74) is 8.06. The molecule has 0 aromatic heterocycles. The summed E-state index contributed by atoms with van der Waals surface area (Å²) in [6.07, 6.45) is 9.92. The van der Waals surface area contributed by atoms with Crippen molar-refractivity contribution in [3.05, 3.63) is 22.2 Å². The number of allylic oxidation sites excluding steroid dienone is 2. The Kier molecular flexibility index (Phi) is 13.7. The van der Waals surface area contributed by atoms with Crippen molar-refractivity contribution >= 4 is 0 Å². The molecule has 0 heterocycles. The van der Waals surface area contributed by atoms with E-state index in [1.165, 1.54) is 51.4 Å². The third-order valence-corrected chi connectivity index (χ3v) is 3.79. The Balaban J connectivity index is 3.54. The topological polar surface area (TPSA) is 48.8 Å². The zero-order valence-corrected chi connectivity index (χ0v) is 14.2. The van der Waals surface area contributed by atoms with Gasteiger partial charge in [0.25, 0.3) is 0 Å². The van der Waals surface area contributed by atoms with Gasteiger partial charge in [-0.25, -0.2) is 0 Å². The molecule has 0 aliphatic heterocycles. The van der Waals surface area contributed by atoms with Crippen LogP contribution in [0, 0.1) is 0 Å². The average molecular weight is 333 g/mol. The molecule has 0 radical (unpaired) electrons. The molecule has 0 spiro atoms. The molecule has 0 unspecified atom stereocenters. The number of nitrogens with zero attached hydrogens (tertiary/aromatic N) is 3. The van der Waals surface area contributed by atoms with Crippen LogP contribution in [-0.2, 0) is 0 Å². The van der Waals surface area contributed by atoms with Crippen LogP contribution < -0.4 is 0 Å². The zero-order valence-electron chi connectivity index (χ0n) is 14.2. The molecule has 0 aliphatic carbocycles. The van der Waals surface area contributed by atoms with Crippen LogP contribution in [0.5, 0.6) is 0 Å². The summed E-state index contributed by atoms with van der Waals surface area (Å²) in [5.74, 6) is 0. The maximum absolute atomic E-state index is 12.2. The van der Waals surface area contributed by atoms with Crippen LogP contribution in [-0.4, -0.2) is 6.18 Å². The molecule has 0 atom stereocenters. The first kappa shape index (κ1) is 21.8. The summed E-state index contributed by atoms with van der Waals surface area (Å²) < 4.78 is 36.6. The van der Waals surface area contributed by atoms with Gasteiger partial charge in [-0.3, -0.25) is 0 Å². The van der Waals surface area contributed by atoms with Gasteiger partial charge in [0, 0.05) is 16.7 Å². The predicted octanol–water partition coefficient (Wildman–Crippen LogP) is 7.83. The highest BCUT2D eigenvalue weighted by molar-refractivity contribution is 5.03. The van der Waals surface area contributed by atoms with Gasteiger partial charge in [-0.15, -0.1) is 0 Å². The quantitative estimate of drug-likeness (QED) is 0.134. The minimum Gasteiger partial charge on any atom is -0.167 e. The lowest BCUT2D eigenvalue weighted by atomic mass is 10.0. The molecule has 0 aliphatic rings. The fourth-order valence-corrected chi connectivity index (χ4v) is 2.54. The van der Waals surface area contributed by atoms with Gasteiger partial charge in [0.1, 0.15) is 0 Å². The molecular formula is C17H30F3N3. The van der Waals surface area contributed by atoms with Crippen LogP contribution in [0.3, 0.4) is 0 Å². The van der Waals surface area contributed by atoms with Crippen LogP contribution in [0.25, 0.3) is 10.4 Å². The first-order chi connectivity index (χ1) is 11.0. The van der Waals surface area contributed by atoms with Crippen LogP contribution in [0.2, 0.25) is 0 Å². The molecule has 0 saturated carbocycles. The van der Waals surface area contributed by atoms with Crippen molar-refractivity contribution < 1.29 is 13.2 Å². The van der Waals surface area contributed by atoms with E-state index < -0.39 is 6.18 Å². The smallest absolute Gasteiger partial charge is 0.167 e. The summed E-state index contributed by atoms with van der Waals surface area (Å²) in [5, 5.41) is 3.12. The number of rotatable bonds is 14. The van der Waals surface area contributed by atoms with Crippen molar-refractivity contribution in [3.8, 4) is 0 Å². The second kappa shape index (κ2) is 14.4. The number of azide groups is 1. The van der Waals surface area contributed by atoms with E-state index in [4.69, 9.17) is 5.53 Å². The highest BCUT2D eigenvalue weighted by Crippen LogP contribution is 2.22. The maximum Gasteiger partial charge on any atom is 0.409 e. The number of hydrogen-bond acceptors (Lipinski definition) is 1. The molecule has 0 aromatic rings. The van der Waals surface area contributed by atoms with Gasteiger partial charge in [0.05, 0.1) is 0 Å². The SMILES string of the molecule is CCCCCCCCCCCCCCC(=CC(F)(F)F)N=[N+]=[N-]. The Morgan fingerprint density at radius 2 is 1.30 bits per heavy atom. The van der Waals surface area contributed by atoms with E-state index in [1.807, 2.05) is 0 Å². The lowest BCUT2D eigenvalue weighted by Gasteiger charge is -2.05. The lowest BCUT2D eigenvalue weighted by molar-refractivity contribution is -0.0806. The zero-order chi connectivity index (χ0) is 17.4. The Morgan fingerprint density at radius 1 is 0.870 bits per heavy atom. The van der Waals surface area contributed by atoms with Crippen molar-refractivity contribution in [1.82, 2.24) is 0 Å². The minimum absolute atomic E-state index is 0.102. The van der Waals surface area contributed by atoms with E-state index in [2.05, 4.69) is 16.9 Å². The Bertz CT molecular complexity index is 359. The van der Waals surface area contributed by atoms with Crippen molar-refractivity contribution in [2.45, 2.75) is 96.6 Å². The molecule has 3 nitrogen and oxygen atoms in total. The predicted molar refractivity (Wildman–Crippen MR) is 89.0 cm³/mol. The van der Waals surface area contributed by atoms with Gasteiger partial charge in [-0.1, -0.05) is 82.7 Å². The maximum atomic E-state index is 12.2. The summed E-state index contributed by atoms with van der Waals surface area (Å²) in [6.45, 7) is 2.22. The van der Waals surface area contributed by atoms with E-state index in [9.17, 15) is 13.2 Å². The molecule has 0 fully saturated rings. The molecular weight excluding hydrogens is 303 g/mol. The minimum atomic E-state index is -4.42. The molecule has 6 heteroatoms. The van der Waals surface area contributed by atoms with Crippen LogP contribution >= 0.6 is 0 Å². The number of unbranched alkanes of at least 4 members (excludes halogenated alkanes) is 11. The summed E-state index contributed by atoms with van der Waals surface area (Å²) in [6, 6.07) is 0. The standard InChI is InChI=1S/C17H30F3N3/c1-2-3-4-5-6-7-8-9-10-11-12-13-14-16(22-23-21)15-17(18,19)20/h15H,2-14H2,1H3. The molecule has 0 aromatic carbocycles. The van der Waals surface area contributed by atoms with Crippen molar-refractivity contribution in [2.24, 2.45) is 5.11 Å². The van der Waals surface area contributed by atoms with Crippen molar-refractivity contribution in [3.63, 3.8) is 0 Å². The van der Waals surface area contributed by atoms with Gasteiger partial charge >= 0.3 is 6.18 Å². The fraction of sp³-hybridized carbons (Fsp3) is 0.882. The van der Waals surface area contributed by atoms with E-state index in [1.54, 1.807) is 0 Å². The third kappa shape index (κ3) is 17.0. The highest BCUT2D eigenvalue weighted by atomic mass is 19.4. The van der Waals surface area contributed by atoms with Gasteiger partial charge in [0.2, 0.25) is 0 Å². The molecule has 23 heavy (non-hydrogen) atoms. The van der Waals surface area contributed by atoms with Crippen LogP contribution in [0.1, 0.15) is 90.4 Å². The molecule has 134 valence electrons. The molecule has 0 amide bonds. The Hall–Kier alpha value is -1.16. The van der Waals surface area contributed by atoms with Crippen LogP contribution in [0.4, 0.5) is 13.2 Å². The van der Waals surface area contributed by atoms with Gasteiger partial charge < -0.3 is 0 Å². The fourth-order valence-electron chi connectivity index (χ4n) is 2.54. The first-order valence-electron chi connectivity index (χ1n) is 8.83. The number of hydrogen-bond donors (Lipinski definition) is 0. The second-order valence-corrected chi connectivity index (χ2v) is 6.01. The van der Waals surface area contributed by atoms with Crippen LogP contribution in [0.15, 0.2) is 16.9 Å². The first-order valence-corrected chi connectivity index (χ1v) is 8.83. The van der Waals surface area contributed by atoms with Gasteiger partial charge in [0.15, 0.2) is 0 Å². The molecule has 0 saturated heterocycles. The number of alkyl halides is 3. The summed E-state index contributed by atoms with van der Waals surface area (Å²) >= 11 is 0. The van der Waals surface area contributed by atoms with Crippen molar-refractivity contribution in [2.75, 3.05) is 0 Å². The Morgan fingerprint density at radius 3 is 1.70 bits per heavy atom. The van der Waals surface area contributed by atoms with E-state index in [-0.39, 0.29) is 18.2 Å². The largest absolute Gasteiger partial charge is 0.409 e. The van der Waals surface area contributed by atoms with Gasteiger partial charge in [-0.2, -0.15) is 13.2 Å². The van der Waals surface area contributed by atoms with E-state index in [0.29, 0.717) is 6.42 Å².